The molecule has 6 nitrogen and oxygen atoms in total. The number of nitrogens with zero attached hydrogens (tertiary/aromatic N) is 2. The minimum Gasteiger partial charge on any atom is -0.497 e. The Morgan fingerprint density at radius 2 is 1.93 bits per heavy atom. The molecular weight excluding hydrogens is 362 g/mol. The van der Waals surface area contributed by atoms with E-state index in [1.807, 2.05) is 44.3 Å². The number of hydrogen-bond acceptors (Lipinski definition) is 4. The first-order valence-electron chi connectivity index (χ1n) is 8.52. The summed E-state index contributed by atoms with van der Waals surface area (Å²) in [5.74, 6) is 1.24. The van der Waals surface area contributed by atoms with Crippen LogP contribution in [0, 0.1) is 13.8 Å². The van der Waals surface area contributed by atoms with Crippen molar-refractivity contribution in [2.24, 2.45) is 7.05 Å². The lowest BCUT2D eigenvalue weighted by molar-refractivity contribution is 0.413. The van der Waals surface area contributed by atoms with Gasteiger partial charge in [-0.2, -0.15) is 4.72 Å². The molecule has 1 unspecified atom stereocenters. The number of sulfonamides is 1. The molecule has 0 aliphatic carbocycles. The summed E-state index contributed by atoms with van der Waals surface area (Å²) in [6.07, 6.45) is 3.43. The van der Waals surface area contributed by atoms with E-state index in [1.165, 1.54) is 0 Å². The van der Waals surface area contributed by atoms with Gasteiger partial charge in [-0.3, -0.25) is 0 Å². The van der Waals surface area contributed by atoms with E-state index in [1.54, 1.807) is 43.1 Å². The van der Waals surface area contributed by atoms with E-state index in [4.69, 9.17) is 4.74 Å². The molecule has 0 aliphatic heterocycles. The Morgan fingerprint density at radius 3 is 2.56 bits per heavy atom. The minimum atomic E-state index is -3.76. The minimum absolute atomic E-state index is 0.259. The van der Waals surface area contributed by atoms with Crippen LogP contribution in [0.4, 0.5) is 0 Å². The Kier molecular flexibility index (Phi) is 5.34. The summed E-state index contributed by atoms with van der Waals surface area (Å²) in [6, 6.07) is 11.9. The first kappa shape index (κ1) is 19.1. The van der Waals surface area contributed by atoms with E-state index in [0.717, 1.165) is 11.1 Å². The van der Waals surface area contributed by atoms with E-state index >= 15 is 0 Å². The lowest BCUT2D eigenvalue weighted by atomic mass is 10.1. The SMILES string of the molecule is COc1cccc(C(NS(=O)(=O)c2ccc(C)cc2C)c2nccn2C)c1. The molecule has 1 atom stereocenters. The van der Waals surface area contributed by atoms with Crippen molar-refractivity contribution in [2.45, 2.75) is 24.8 Å². The smallest absolute Gasteiger partial charge is 0.241 e. The summed E-state index contributed by atoms with van der Waals surface area (Å²) >= 11 is 0. The van der Waals surface area contributed by atoms with Gasteiger partial charge in [0.15, 0.2) is 0 Å². The summed E-state index contributed by atoms with van der Waals surface area (Å²) in [5.41, 5.74) is 2.46. The molecular formula is C20H23N3O3S. The van der Waals surface area contributed by atoms with Crippen molar-refractivity contribution >= 4 is 10.0 Å². The number of rotatable bonds is 6. The second kappa shape index (κ2) is 7.54. The number of benzene rings is 2. The summed E-state index contributed by atoms with van der Waals surface area (Å²) in [4.78, 5) is 4.62. The second-order valence-corrected chi connectivity index (χ2v) is 8.18. The highest BCUT2D eigenvalue weighted by Crippen LogP contribution is 2.27. The van der Waals surface area contributed by atoms with Crippen LogP contribution in [0.1, 0.15) is 28.6 Å². The standard InChI is InChI=1S/C20H23N3O3S/c1-14-8-9-18(15(2)12-14)27(24,25)22-19(20-21-10-11-23(20)3)16-6-5-7-17(13-16)26-4/h5-13,19,22H,1-4H3. The Balaban J connectivity index is 2.07. The van der Waals surface area contributed by atoms with Crippen LogP contribution in [0.3, 0.4) is 0 Å². The fraction of sp³-hybridized carbons (Fsp3) is 0.250. The maximum Gasteiger partial charge on any atom is 0.241 e. The number of imidazole rings is 1. The molecule has 1 aromatic heterocycles. The van der Waals surface area contributed by atoms with Gasteiger partial charge in [-0.15, -0.1) is 0 Å². The Bertz CT molecular complexity index is 1060. The van der Waals surface area contributed by atoms with Gasteiger partial charge in [0.1, 0.15) is 17.6 Å². The summed E-state index contributed by atoms with van der Waals surface area (Å²) < 4.78 is 36.2. The maximum atomic E-state index is 13.1. The van der Waals surface area contributed by atoms with E-state index in [0.29, 0.717) is 17.1 Å². The van der Waals surface area contributed by atoms with Crippen molar-refractivity contribution in [1.82, 2.24) is 14.3 Å². The van der Waals surface area contributed by atoms with Gasteiger partial charge in [0.25, 0.3) is 0 Å². The van der Waals surface area contributed by atoms with Gasteiger partial charge in [-0.05, 0) is 43.2 Å². The van der Waals surface area contributed by atoms with E-state index in [9.17, 15) is 8.42 Å². The van der Waals surface area contributed by atoms with Gasteiger partial charge in [0, 0.05) is 19.4 Å². The average molecular weight is 385 g/mol. The highest BCUT2D eigenvalue weighted by atomic mass is 32.2. The molecule has 0 bridgehead atoms. The van der Waals surface area contributed by atoms with Gasteiger partial charge < -0.3 is 9.30 Å². The quantitative estimate of drug-likeness (QED) is 0.708. The third kappa shape index (κ3) is 4.04. The zero-order valence-corrected chi connectivity index (χ0v) is 16.6. The van der Waals surface area contributed by atoms with Crippen LogP contribution in [-0.4, -0.2) is 25.1 Å². The van der Waals surface area contributed by atoms with Crippen molar-refractivity contribution in [3.05, 3.63) is 77.4 Å². The zero-order valence-electron chi connectivity index (χ0n) is 15.8. The van der Waals surface area contributed by atoms with Crippen molar-refractivity contribution < 1.29 is 13.2 Å². The van der Waals surface area contributed by atoms with Crippen molar-refractivity contribution in [2.75, 3.05) is 7.11 Å². The van der Waals surface area contributed by atoms with Gasteiger partial charge in [-0.1, -0.05) is 29.8 Å². The first-order valence-corrected chi connectivity index (χ1v) is 10.0. The molecule has 1 N–H and O–H groups in total. The molecule has 2 aromatic carbocycles. The molecule has 7 heteroatoms. The second-order valence-electron chi connectivity index (χ2n) is 6.50. The molecule has 0 aliphatic rings. The highest BCUT2D eigenvalue weighted by Gasteiger charge is 2.27. The summed E-state index contributed by atoms with van der Waals surface area (Å²) in [5, 5.41) is 0. The van der Waals surface area contributed by atoms with Crippen LogP contribution in [0.15, 0.2) is 59.8 Å². The third-order valence-corrected chi connectivity index (χ3v) is 6.02. The fourth-order valence-electron chi connectivity index (χ4n) is 3.07. The third-order valence-electron chi connectivity index (χ3n) is 4.44. The van der Waals surface area contributed by atoms with Crippen LogP contribution in [-0.2, 0) is 17.1 Å². The van der Waals surface area contributed by atoms with Gasteiger partial charge in [0.2, 0.25) is 10.0 Å². The Morgan fingerprint density at radius 1 is 1.15 bits per heavy atom. The largest absolute Gasteiger partial charge is 0.497 e. The van der Waals surface area contributed by atoms with Crippen LogP contribution in [0.2, 0.25) is 0 Å². The van der Waals surface area contributed by atoms with Crippen LogP contribution in [0.25, 0.3) is 0 Å². The lowest BCUT2D eigenvalue weighted by Gasteiger charge is -2.20. The zero-order chi connectivity index (χ0) is 19.6. The molecule has 0 saturated heterocycles. The molecule has 0 saturated carbocycles. The summed E-state index contributed by atoms with van der Waals surface area (Å²) in [7, 11) is -0.349. The Labute approximate surface area is 159 Å². The molecule has 27 heavy (non-hydrogen) atoms. The monoisotopic (exact) mass is 385 g/mol. The number of nitrogens with one attached hydrogen (secondary N) is 1. The molecule has 142 valence electrons. The van der Waals surface area contributed by atoms with Crippen molar-refractivity contribution in [1.29, 1.82) is 0 Å². The molecule has 0 radical (unpaired) electrons. The van der Waals surface area contributed by atoms with Crippen LogP contribution < -0.4 is 9.46 Å². The average Bonchev–Trinajstić information content (AvgIpc) is 3.05. The highest BCUT2D eigenvalue weighted by molar-refractivity contribution is 7.89. The van der Waals surface area contributed by atoms with Gasteiger partial charge in [-0.25, -0.2) is 13.4 Å². The molecule has 1 heterocycles. The molecule has 0 fully saturated rings. The van der Waals surface area contributed by atoms with Gasteiger partial charge in [0.05, 0.1) is 12.0 Å². The first-order chi connectivity index (χ1) is 12.8. The number of methoxy groups -OCH3 is 1. The van der Waals surface area contributed by atoms with Crippen molar-refractivity contribution in [3.63, 3.8) is 0 Å². The Hall–Kier alpha value is -2.64. The molecule has 3 aromatic rings. The normalized spacial score (nSPS) is 12.7. The predicted molar refractivity (Wildman–Crippen MR) is 104 cm³/mol. The molecule has 3 rings (SSSR count). The fourth-order valence-corrected chi connectivity index (χ4v) is 4.47. The lowest BCUT2D eigenvalue weighted by Crippen LogP contribution is -2.31. The van der Waals surface area contributed by atoms with Crippen LogP contribution in [0.5, 0.6) is 5.75 Å². The van der Waals surface area contributed by atoms with E-state index in [-0.39, 0.29) is 4.90 Å². The predicted octanol–water partition coefficient (Wildman–Crippen LogP) is 3.11. The number of aryl methyl sites for hydroxylation is 3. The van der Waals surface area contributed by atoms with Crippen LogP contribution >= 0.6 is 0 Å². The molecule has 0 spiro atoms. The number of ether oxygens (including phenoxy) is 1. The summed E-state index contributed by atoms with van der Waals surface area (Å²) in [6.45, 7) is 3.73. The van der Waals surface area contributed by atoms with Crippen molar-refractivity contribution in [3.8, 4) is 5.75 Å². The van der Waals surface area contributed by atoms with E-state index in [2.05, 4.69) is 9.71 Å². The maximum absolute atomic E-state index is 13.1. The topological polar surface area (TPSA) is 73.2 Å². The van der Waals surface area contributed by atoms with Gasteiger partial charge >= 0.3 is 0 Å². The number of aromatic nitrogens is 2. The molecule has 0 amide bonds. The number of hydrogen-bond donors (Lipinski definition) is 1. The van der Waals surface area contributed by atoms with E-state index < -0.39 is 16.1 Å².